The minimum Gasteiger partial charge on any atom is -0.493 e. The van der Waals surface area contributed by atoms with Gasteiger partial charge in [0.15, 0.2) is 16.7 Å². The van der Waals surface area contributed by atoms with Crippen molar-refractivity contribution >= 4 is 86.1 Å². The van der Waals surface area contributed by atoms with Gasteiger partial charge in [-0.1, -0.05) is 65.2 Å². The molecule has 1 heterocycles. The minimum absolute atomic E-state index is 0.203. The molecule has 1 fully saturated rings. The van der Waals surface area contributed by atoms with E-state index >= 15 is 0 Å². The second-order valence-corrected chi connectivity index (χ2v) is 12.8. The number of amidine groups is 1. The Morgan fingerprint density at radius 2 is 1.62 bits per heavy atom. The van der Waals surface area contributed by atoms with Crippen molar-refractivity contribution in [3.8, 4) is 11.5 Å². The minimum atomic E-state index is -0.203. The lowest BCUT2D eigenvalue weighted by molar-refractivity contribution is -0.113. The van der Waals surface area contributed by atoms with E-state index in [2.05, 4.69) is 41.6 Å². The first-order chi connectivity index (χ1) is 20.1. The predicted molar refractivity (Wildman–Crippen MR) is 184 cm³/mol. The summed E-state index contributed by atoms with van der Waals surface area (Å²) in [4.78, 5) is 20.7. The van der Waals surface area contributed by atoms with E-state index in [0.29, 0.717) is 49.6 Å². The van der Waals surface area contributed by atoms with Crippen LogP contribution in [0.15, 0.2) is 82.7 Å². The maximum absolute atomic E-state index is 13.8. The molecule has 0 unspecified atom stereocenters. The van der Waals surface area contributed by atoms with E-state index in [-0.39, 0.29) is 5.91 Å². The third-order valence-corrected chi connectivity index (χ3v) is 9.24. The Bertz CT molecular complexity index is 1740. The number of anilines is 1. The predicted octanol–water partition coefficient (Wildman–Crippen LogP) is 9.92. The van der Waals surface area contributed by atoms with Crippen LogP contribution in [0.1, 0.15) is 27.8 Å². The van der Waals surface area contributed by atoms with Crippen LogP contribution < -0.4 is 14.4 Å². The van der Waals surface area contributed by atoms with Crippen molar-refractivity contribution in [1.82, 2.24) is 0 Å². The first-order valence-corrected chi connectivity index (χ1v) is 15.7. The lowest BCUT2D eigenvalue weighted by Crippen LogP contribution is -2.28. The van der Waals surface area contributed by atoms with Gasteiger partial charge in [0.05, 0.1) is 27.0 Å². The summed E-state index contributed by atoms with van der Waals surface area (Å²) in [6, 6.07) is 23.2. The number of carbonyl (C=O) groups excluding carboxylic acids is 1. The smallest absolute Gasteiger partial charge is 0.271 e. The van der Waals surface area contributed by atoms with Crippen LogP contribution in [0.25, 0.3) is 6.08 Å². The van der Waals surface area contributed by atoms with Crippen LogP contribution in [-0.2, 0) is 11.4 Å². The molecule has 1 saturated heterocycles. The number of amides is 1. The number of ether oxygens (including phenoxy) is 2. The van der Waals surface area contributed by atoms with E-state index in [4.69, 9.17) is 37.7 Å². The fraction of sp³-hybridized carbons (Fsp3) is 0.152. The van der Waals surface area contributed by atoms with Crippen LogP contribution in [0.2, 0.25) is 10.0 Å². The molecule has 0 spiro atoms. The average molecular weight is 729 g/mol. The number of rotatable bonds is 7. The molecule has 0 radical (unpaired) electrons. The number of nitrogens with zero attached hydrogens (tertiary/aromatic N) is 2. The highest BCUT2D eigenvalue weighted by Gasteiger charge is 2.35. The summed E-state index contributed by atoms with van der Waals surface area (Å²) < 4.78 is 12.7. The molecule has 0 saturated carbocycles. The Labute approximate surface area is 273 Å². The molecule has 4 aromatic carbocycles. The molecule has 0 aromatic heterocycles. The van der Waals surface area contributed by atoms with Crippen LogP contribution in [0.3, 0.4) is 0 Å². The maximum atomic E-state index is 13.8. The highest BCUT2D eigenvalue weighted by atomic mass is 127. The Balaban J connectivity index is 1.49. The van der Waals surface area contributed by atoms with Gasteiger partial charge in [-0.25, -0.2) is 4.99 Å². The van der Waals surface area contributed by atoms with E-state index in [0.717, 1.165) is 25.8 Å². The van der Waals surface area contributed by atoms with Crippen LogP contribution in [0, 0.1) is 24.3 Å². The molecule has 42 heavy (non-hydrogen) atoms. The summed E-state index contributed by atoms with van der Waals surface area (Å²) in [5, 5.41) is 1.69. The number of halogens is 3. The van der Waals surface area contributed by atoms with Crippen LogP contribution in [0.5, 0.6) is 11.5 Å². The molecule has 9 heteroatoms. The molecule has 0 N–H and O–H groups in total. The van der Waals surface area contributed by atoms with Crippen LogP contribution >= 0.6 is 57.6 Å². The van der Waals surface area contributed by atoms with Gasteiger partial charge in [-0.2, -0.15) is 0 Å². The average Bonchev–Trinajstić information content (AvgIpc) is 3.26. The largest absolute Gasteiger partial charge is 0.493 e. The Hall–Kier alpha value is -2.98. The number of aliphatic imine (C=N–C) groups is 1. The van der Waals surface area contributed by atoms with E-state index in [1.165, 1.54) is 17.3 Å². The molecule has 5 nitrogen and oxygen atoms in total. The van der Waals surface area contributed by atoms with Crippen LogP contribution in [-0.4, -0.2) is 18.2 Å². The number of carbonyl (C=O) groups is 1. The molecular formula is C33H27Cl2IN2O3S. The molecule has 1 aliphatic heterocycles. The summed E-state index contributed by atoms with van der Waals surface area (Å²) >= 11 is 16.3. The lowest BCUT2D eigenvalue weighted by atomic mass is 10.1. The van der Waals surface area contributed by atoms with Crippen molar-refractivity contribution in [1.29, 1.82) is 0 Å². The van der Waals surface area contributed by atoms with Gasteiger partial charge in [-0.3, -0.25) is 9.69 Å². The second kappa shape index (κ2) is 13.1. The molecule has 4 aromatic rings. The van der Waals surface area contributed by atoms with Crippen molar-refractivity contribution in [3.63, 3.8) is 0 Å². The quantitative estimate of drug-likeness (QED) is 0.140. The Morgan fingerprint density at radius 1 is 0.929 bits per heavy atom. The fourth-order valence-corrected chi connectivity index (χ4v) is 6.35. The summed E-state index contributed by atoms with van der Waals surface area (Å²) in [7, 11) is 1.61. The maximum Gasteiger partial charge on any atom is 0.271 e. The van der Waals surface area contributed by atoms with E-state index in [1.54, 1.807) is 24.1 Å². The molecular weight excluding hydrogens is 702 g/mol. The zero-order chi connectivity index (χ0) is 30.0. The van der Waals surface area contributed by atoms with Gasteiger partial charge in [0.1, 0.15) is 6.61 Å². The number of aryl methyl sites for hydroxylation is 3. The number of thioether (sulfide) groups is 1. The molecule has 1 amide bonds. The number of hydrogen-bond donors (Lipinski definition) is 0. The normalized spacial score (nSPS) is 15.1. The van der Waals surface area contributed by atoms with Crippen LogP contribution in [0.4, 0.5) is 11.4 Å². The monoisotopic (exact) mass is 728 g/mol. The molecule has 1 aliphatic rings. The first kappa shape index (κ1) is 30.5. The zero-order valence-corrected chi connectivity index (χ0v) is 27.9. The SMILES string of the molecule is COc1cc(/C=C2/SC(=Nc3ccc(C)c(Cl)c3)N(c3ccc(C)c(Cl)c3)C2=O)cc(I)c1OCc1ccc(C)cc1. The molecule has 0 aliphatic carbocycles. The zero-order valence-electron chi connectivity index (χ0n) is 23.4. The van der Waals surface area contributed by atoms with Crippen molar-refractivity contribution in [2.45, 2.75) is 27.4 Å². The summed E-state index contributed by atoms with van der Waals surface area (Å²) in [5.74, 6) is 1.04. The van der Waals surface area contributed by atoms with Gasteiger partial charge in [0.25, 0.3) is 5.91 Å². The van der Waals surface area contributed by atoms with Gasteiger partial charge in [0, 0.05) is 10.0 Å². The van der Waals surface area contributed by atoms with Crippen molar-refractivity contribution in [2.24, 2.45) is 4.99 Å². The van der Waals surface area contributed by atoms with E-state index in [1.807, 2.05) is 68.5 Å². The standard InChI is InChI=1S/C33H27Cl2IN2O3S/c1-19-5-9-22(10-6-19)18-41-31-28(36)13-23(14-29(31)40-4)15-30-32(39)38(25-12-8-21(3)27(35)17-25)33(42-30)37-24-11-7-20(2)26(34)16-24/h5-17H,18H2,1-4H3/b30-15+,37-33?. The second-order valence-electron chi connectivity index (χ2n) is 9.82. The highest BCUT2D eigenvalue weighted by molar-refractivity contribution is 14.1. The van der Waals surface area contributed by atoms with E-state index < -0.39 is 0 Å². The van der Waals surface area contributed by atoms with Crippen molar-refractivity contribution in [3.05, 3.63) is 119 Å². The number of benzene rings is 4. The highest BCUT2D eigenvalue weighted by Crippen LogP contribution is 2.41. The molecule has 5 rings (SSSR count). The lowest BCUT2D eigenvalue weighted by Gasteiger charge is -2.17. The first-order valence-electron chi connectivity index (χ1n) is 13.0. The fourth-order valence-electron chi connectivity index (χ4n) is 4.21. The van der Waals surface area contributed by atoms with Gasteiger partial charge < -0.3 is 9.47 Å². The third-order valence-electron chi connectivity index (χ3n) is 6.65. The Kier molecular flexibility index (Phi) is 9.52. The van der Waals surface area contributed by atoms with Gasteiger partial charge in [-0.15, -0.1) is 0 Å². The van der Waals surface area contributed by atoms with Crippen molar-refractivity contribution < 1.29 is 14.3 Å². The topological polar surface area (TPSA) is 51.1 Å². The van der Waals surface area contributed by atoms with Gasteiger partial charge >= 0.3 is 0 Å². The third kappa shape index (κ3) is 6.80. The van der Waals surface area contributed by atoms with Gasteiger partial charge in [-0.05, 0) is 120 Å². The van der Waals surface area contributed by atoms with E-state index in [9.17, 15) is 4.79 Å². The number of methoxy groups -OCH3 is 1. The number of hydrogen-bond acceptors (Lipinski definition) is 5. The molecule has 0 bridgehead atoms. The van der Waals surface area contributed by atoms with Gasteiger partial charge in [0.2, 0.25) is 0 Å². The summed E-state index contributed by atoms with van der Waals surface area (Å²) in [5.41, 5.74) is 6.22. The molecule has 0 atom stereocenters. The van der Waals surface area contributed by atoms with Crippen molar-refractivity contribution in [2.75, 3.05) is 12.0 Å². The molecule has 214 valence electrons. The summed E-state index contributed by atoms with van der Waals surface area (Å²) in [6.07, 6.45) is 1.84. The summed E-state index contributed by atoms with van der Waals surface area (Å²) in [6.45, 7) is 6.32. The Morgan fingerprint density at radius 3 is 2.29 bits per heavy atom.